The Balaban J connectivity index is 2.28. The Labute approximate surface area is 66.2 Å². The first-order valence-corrected chi connectivity index (χ1v) is 4.50. The number of hydrogen-bond donors (Lipinski definition) is 0. The summed E-state index contributed by atoms with van der Waals surface area (Å²) in [4.78, 5) is 0. The van der Waals surface area contributed by atoms with Gasteiger partial charge in [0.25, 0.3) is 0 Å². The minimum Gasteiger partial charge on any atom is -0.152 e. The Bertz CT molecular complexity index is 185. The Hall–Kier alpha value is -0.560. The molecule has 0 aromatic carbocycles. The highest BCUT2D eigenvalue weighted by Gasteiger charge is 1.88. The van der Waals surface area contributed by atoms with Gasteiger partial charge in [0.15, 0.2) is 0 Å². The topological polar surface area (TPSA) is 0 Å². The Morgan fingerprint density at radius 1 is 1.60 bits per heavy atom. The highest BCUT2D eigenvalue weighted by Crippen LogP contribution is 2.08. The van der Waals surface area contributed by atoms with Gasteiger partial charge in [0, 0.05) is 0 Å². The first-order valence-electron chi connectivity index (χ1n) is 3.55. The van der Waals surface area contributed by atoms with Gasteiger partial charge in [0.2, 0.25) is 0 Å². The molecule has 1 aromatic heterocycles. The molecule has 0 aliphatic carbocycles. The third-order valence-electron chi connectivity index (χ3n) is 1.42. The Morgan fingerprint density at radius 2 is 2.50 bits per heavy atom. The third kappa shape index (κ3) is 2.36. The smallest absolute Gasteiger partial charge is 0.00611 e. The van der Waals surface area contributed by atoms with E-state index in [0.29, 0.717) is 0 Å². The van der Waals surface area contributed by atoms with Crippen molar-refractivity contribution in [3.63, 3.8) is 0 Å². The van der Waals surface area contributed by atoms with Crippen LogP contribution in [0, 0.1) is 0 Å². The van der Waals surface area contributed by atoms with E-state index in [-0.39, 0.29) is 0 Å². The number of rotatable bonds is 3. The van der Waals surface area contributed by atoms with Gasteiger partial charge in [0.05, 0.1) is 0 Å². The molecule has 0 nitrogen and oxygen atoms in total. The first kappa shape index (κ1) is 7.55. The molecule has 1 heterocycles. The van der Waals surface area contributed by atoms with Crippen LogP contribution in [0.15, 0.2) is 29.0 Å². The molecule has 1 rings (SSSR count). The molecule has 0 fully saturated rings. The molecule has 0 atom stereocenters. The van der Waals surface area contributed by atoms with Crippen LogP contribution < -0.4 is 0 Å². The van der Waals surface area contributed by atoms with Gasteiger partial charge in [-0.2, -0.15) is 11.3 Å². The third-order valence-corrected chi connectivity index (χ3v) is 2.15. The minimum absolute atomic E-state index is 1.17. The molecule has 0 aliphatic rings. The SMILES string of the molecule is C/C=C\CCc1ccsc1. The van der Waals surface area contributed by atoms with Gasteiger partial charge >= 0.3 is 0 Å². The van der Waals surface area contributed by atoms with Crippen LogP contribution in [-0.2, 0) is 6.42 Å². The van der Waals surface area contributed by atoms with E-state index in [1.165, 1.54) is 18.4 Å². The van der Waals surface area contributed by atoms with Crippen LogP contribution in [-0.4, -0.2) is 0 Å². The summed E-state index contributed by atoms with van der Waals surface area (Å²) in [6.45, 7) is 2.06. The lowest BCUT2D eigenvalue weighted by Crippen LogP contribution is -1.76. The molecule has 10 heavy (non-hydrogen) atoms. The molecule has 1 aromatic rings. The van der Waals surface area contributed by atoms with E-state index in [4.69, 9.17) is 0 Å². The summed E-state index contributed by atoms with van der Waals surface area (Å²) < 4.78 is 0. The Morgan fingerprint density at radius 3 is 3.10 bits per heavy atom. The van der Waals surface area contributed by atoms with E-state index in [0.717, 1.165) is 0 Å². The molecular weight excluding hydrogens is 140 g/mol. The zero-order chi connectivity index (χ0) is 7.23. The predicted octanol–water partition coefficient (Wildman–Crippen LogP) is 3.26. The molecule has 0 bridgehead atoms. The van der Waals surface area contributed by atoms with E-state index < -0.39 is 0 Å². The summed E-state index contributed by atoms with van der Waals surface area (Å²) in [7, 11) is 0. The molecule has 0 amide bonds. The van der Waals surface area contributed by atoms with Crippen LogP contribution in [0.4, 0.5) is 0 Å². The first-order chi connectivity index (χ1) is 4.93. The van der Waals surface area contributed by atoms with Crippen LogP contribution >= 0.6 is 11.3 Å². The van der Waals surface area contributed by atoms with Crippen LogP contribution in [0.5, 0.6) is 0 Å². The van der Waals surface area contributed by atoms with Crippen molar-refractivity contribution >= 4 is 11.3 Å². The number of aryl methyl sites for hydroxylation is 1. The fourth-order valence-electron chi connectivity index (χ4n) is 0.852. The molecule has 0 saturated heterocycles. The second-order valence-corrected chi connectivity index (χ2v) is 3.02. The maximum Gasteiger partial charge on any atom is -0.00611 e. The lowest BCUT2D eigenvalue weighted by molar-refractivity contribution is 1.01. The van der Waals surface area contributed by atoms with Crippen molar-refractivity contribution in [2.45, 2.75) is 19.8 Å². The van der Waals surface area contributed by atoms with Crippen LogP contribution in [0.25, 0.3) is 0 Å². The second-order valence-electron chi connectivity index (χ2n) is 2.24. The van der Waals surface area contributed by atoms with Crippen molar-refractivity contribution in [3.8, 4) is 0 Å². The average molecular weight is 152 g/mol. The molecular formula is C9H12S. The van der Waals surface area contributed by atoms with E-state index in [1.807, 2.05) is 0 Å². The predicted molar refractivity (Wildman–Crippen MR) is 47.5 cm³/mol. The number of thiophene rings is 1. The normalized spacial score (nSPS) is 10.9. The van der Waals surface area contributed by atoms with Gasteiger partial charge in [-0.15, -0.1) is 0 Å². The summed E-state index contributed by atoms with van der Waals surface area (Å²) in [6.07, 6.45) is 6.67. The van der Waals surface area contributed by atoms with Gasteiger partial charge in [-0.25, -0.2) is 0 Å². The van der Waals surface area contributed by atoms with Gasteiger partial charge in [-0.3, -0.25) is 0 Å². The van der Waals surface area contributed by atoms with Crippen LogP contribution in [0.3, 0.4) is 0 Å². The van der Waals surface area contributed by atoms with Gasteiger partial charge in [0.1, 0.15) is 0 Å². The molecule has 1 heteroatoms. The minimum atomic E-state index is 1.17. The number of allylic oxidation sites excluding steroid dienone is 2. The summed E-state index contributed by atoms with van der Waals surface area (Å²) in [6, 6.07) is 2.19. The summed E-state index contributed by atoms with van der Waals surface area (Å²) >= 11 is 1.77. The lowest BCUT2D eigenvalue weighted by atomic mass is 10.2. The summed E-state index contributed by atoms with van der Waals surface area (Å²) in [5, 5.41) is 4.34. The van der Waals surface area contributed by atoms with E-state index >= 15 is 0 Å². The molecule has 0 saturated carbocycles. The van der Waals surface area contributed by atoms with Gasteiger partial charge < -0.3 is 0 Å². The maximum absolute atomic E-state index is 2.21. The quantitative estimate of drug-likeness (QED) is 0.583. The van der Waals surface area contributed by atoms with Gasteiger partial charge in [-0.1, -0.05) is 12.2 Å². The maximum atomic E-state index is 2.21. The van der Waals surface area contributed by atoms with E-state index in [2.05, 4.69) is 35.9 Å². The van der Waals surface area contributed by atoms with Crippen molar-refractivity contribution in [1.29, 1.82) is 0 Å². The zero-order valence-electron chi connectivity index (χ0n) is 6.21. The standard InChI is InChI=1S/C9H12S/c1-2-3-4-5-9-6-7-10-8-9/h2-3,6-8H,4-5H2,1H3/b3-2-. The monoisotopic (exact) mass is 152 g/mol. The molecule has 0 N–H and O–H groups in total. The molecule has 0 unspecified atom stereocenters. The highest BCUT2D eigenvalue weighted by molar-refractivity contribution is 7.07. The van der Waals surface area contributed by atoms with Gasteiger partial charge in [-0.05, 0) is 42.2 Å². The van der Waals surface area contributed by atoms with Crippen molar-refractivity contribution < 1.29 is 0 Å². The van der Waals surface area contributed by atoms with Crippen LogP contribution in [0.2, 0.25) is 0 Å². The van der Waals surface area contributed by atoms with E-state index in [9.17, 15) is 0 Å². The summed E-state index contributed by atoms with van der Waals surface area (Å²) in [5.41, 5.74) is 1.46. The molecule has 0 radical (unpaired) electrons. The van der Waals surface area contributed by atoms with Crippen molar-refractivity contribution in [2.24, 2.45) is 0 Å². The van der Waals surface area contributed by atoms with Crippen molar-refractivity contribution in [1.82, 2.24) is 0 Å². The largest absolute Gasteiger partial charge is 0.152 e. The zero-order valence-corrected chi connectivity index (χ0v) is 7.03. The molecule has 0 spiro atoms. The molecule has 0 aliphatic heterocycles. The second kappa shape index (κ2) is 4.29. The Kier molecular flexibility index (Phi) is 3.23. The fraction of sp³-hybridized carbons (Fsp3) is 0.333. The highest BCUT2D eigenvalue weighted by atomic mass is 32.1. The lowest BCUT2D eigenvalue weighted by Gasteiger charge is -1.88. The fourth-order valence-corrected chi connectivity index (χ4v) is 1.55. The van der Waals surface area contributed by atoms with E-state index in [1.54, 1.807) is 11.3 Å². The average Bonchev–Trinajstić information content (AvgIpc) is 2.41. The van der Waals surface area contributed by atoms with Crippen molar-refractivity contribution in [2.75, 3.05) is 0 Å². The van der Waals surface area contributed by atoms with Crippen LogP contribution in [0.1, 0.15) is 18.9 Å². The molecule has 54 valence electrons. The van der Waals surface area contributed by atoms with Crippen molar-refractivity contribution in [3.05, 3.63) is 34.5 Å². The number of hydrogen-bond acceptors (Lipinski definition) is 1. The summed E-state index contributed by atoms with van der Waals surface area (Å²) in [5.74, 6) is 0.